The maximum Gasteiger partial charge on any atom is 0.280 e. The summed E-state index contributed by atoms with van der Waals surface area (Å²) in [5.41, 5.74) is 4.07. The van der Waals surface area contributed by atoms with Crippen LogP contribution in [0.3, 0.4) is 0 Å². The van der Waals surface area contributed by atoms with E-state index < -0.39 is 4.92 Å². The Labute approximate surface area is 189 Å². The van der Waals surface area contributed by atoms with Crippen molar-refractivity contribution in [1.29, 1.82) is 0 Å². The number of para-hydroxylation sites is 1. The van der Waals surface area contributed by atoms with Crippen LogP contribution >= 0.6 is 0 Å². The summed E-state index contributed by atoms with van der Waals surface area (Å²) in [7, 11) is 0. The molecule has 0 saturated heterocycles. The summed E-state index contributed by atoms with van der Waals surface area (Å²) in [5.74, 6) is 0.788. The first-order chi connectivity index (χ1) is 16.1. The quantitative estimate of drug-likeness (QED) is 0.290. The number of hydrogen-bond donors (Lipinski definition) is 1. The summed E-state index contributed by atoms with van der Waals surface area (Å²) in [4.78, 5) is 24.3. The SMILES string of the molecule is O=C1CCCC2=C1C(c1ccc(-c3ccccc3[N+](=O)[O-])o1)c1c(ccc3ccccc13)N2. The predicted molar refractivity (Wildman–Crippen MR) is 126 cm³/mol. The van der Waals surface area contributed by atoms with Crippen molar-refractivity contribution in [2.75, 3.05) is 5.32 Å². The molecular formula is C27H20N2O4. The zero-order chi connectivity index (χ0) is 22.5. The Balaban J connectivity index is 1.58. The van der Waals surface area contributed by atoms with Gasteiger partial charge in [-0.1, -0.05) is 42.5 Å². The van der Waals surface area contributed by atoms with Gasteiger partial charge in [0.25, 0.3) is 5.69 Å². The third-order valence-corrected chi connectivity index (χ3v) is 6.57. The molecule has 0 amide bonds. The zero-order valence-corrected chi connectivity index (χ0v) is 17.7. The molecule has 0 saturated carbocycles. The summed E-state index contributed by atoms with van der Waals surface area (Å²) in [6, 6.07) is 22.4. The van der Waals surface area contributed by atoms with E-state index in [0.717, 1.165) is 46.1 Å². The van der Waals surface area contributed by atoms with E-state index in [0.29, 0.717) is 23.5 Å². The highest BCUT2D eigenvalue weighted by Gasteiger charge is 2.38. The summed E-state index contributed by atoms with van der Waals surface area (Å²) in [6.45, 7) is 0. The summed E-state index contributed by atoms with van der Waals surface area (Å²) in [5, 5.41) is 17.2. The number of carbonyl (C=O) groups is 1. The fourth-order valence-electron chi connectivity index (χ4n) is 5.13. The van der Waals surface area contributed by atoms with Gasteiger partial charge in [-0.25, -0.2) is 0 Å². The smallest absolute Gasteiger partial charge is 0.280 e. The van der Waals surface area contributed by atoms with Crippen LogP contribution in [-0.4, -0.2) is 10.7 Å². The van der Waals surface area contributed by atoms with E-state index in [9.17, 15) is 14.9 Å². The minimum absolute atomic E-state index is 0.0109. The lowest BCUT2D eigenvalue weighted by molar-refractivity contribution is -0.384. The van der Waals surface area contributed by atoms with E-state index in [1.54, 1.807) is 24.3 Å². The number of nitrogens with zero attached hydrogens (tertiary/aromatic N) is 1. The minimum Gasteiger partial charge on any atom is -0.460 e. The molecule has 1 N–H and O–H groups in total. The number of nitrogens with one attached hydrogen (secondary N) is 1. The van der Waals surface area contributed by atoms with Gasteiger partial charge in [-0.05, 0) is 53.4 Å². The van der Waals surface area contributed by atoms with Crippen molar-refractivity contribution in [2.24, 2.45) is 0 Å². The predicted octanol–water partition coefficient (Wildman–Crippen LogP) is 6.57. The number of hydrogen-bond acceptors (Lipinski definition) is 5. The maximum absolute atomic E-state index is 13.1. The van der Waals surface area contributed by atoms with Gasteiger partial charge in [0.2, 0.25) is 0 Å². The number of carbonyl (C=O) groups excluding carboxylic acids is 1. The average molecular weight is 436 g/mol. The molecule has 1 aliphatic carbocycles. The number of Topliss-reactive ketones (excluding diaryl/α,β-unsaturated/α-hetero) is 1. The van der Waals surface area contributed by atoms with Crippen LogP contribution in [0.15, 0.2) is 88.5 Å². The third kappa shape index (κ3) is 3.06. The Hall–Kier alpha value is -4.19. The summed E-state index contributed by atoms with van der Waals surface area (Å²) >= 11 is 0. The van der Waals surface area contributed by atoms with Gasteiger partial charge < -0.3 is 9.73 Å². The molecule has 0 spiro atoms. The van der Waals surface area contributed by atoms with Crippen molar-refractivity contribution in [3.63, 3.8) is 0 Å². The molecular weight excluding hydrogens is 416 g/mol. The number of allylic oxidation sites excluding steroid dienone is 2. The first-order valence-corrected chi connectivity index (χ1v) is 11.0. The summed E-state index contributed by atoms with van der Waals surface area (Å²) in [6.07, 6.45) is 2.14. The van der Waals surface area contributed by atoms with Gasteiger partial charge in [0, 0.05) is 29.4 Å². The first-order valence-electron chi connectivity index (χ1n) is 11.0. The van der Waals surface area contributed by atoms with Gasteiger partial charge in [-0.15, -0.1) is 0 Å². The molecule has 1 aromatic heterocycles. The lowest BCUT2D eigenvalue weighted by atomic mass is 9.76. The van der Waals surface area contributed by atoms with Crippen molar-refractivity contribution >= 4 is 27.9 Å². The van der Waals surface area contributed by atoms with E-state index in [1.807, 2.05) is 18.2 Å². The van der Waals surface area contributed by atoms with Gasteiger partial charge in [-0.3, -0.25) is 14.9 Å². The van der Waals surface area contributed by atoms with Crippen LogP contribution in [0, 0.1) is 10.1 Å². The van der Waals surface area contributed by atoms with Crippen LogP contribution in [0.2, 0.25) is 0 Å². The number of anilines is 1. The van der Waals surface area contributed by atoms with Crippen molar-refractivity contribution in [2.45, 2.75) is 25.2 Å². The number of benzene rings is 3. The topological polar surface area (TPSA) is 85.4 Å². The highest BCUT2D eigenvalue weighted by Crippen LogP contribution is 2.49. The fourth-order valence-corrected chi connectivity index (χ4v) is 5.13. The van der Waals surface area contributed by atoms with Crippen molar-refractivity contribution in [1.82, 2.24) is 0 Å². The molecule has 6 nitrogen and oxygen atoms in total. The number of fused-ring (bicyclic) bond motifs is 3. The molecule has 162 valence electrons. The van der Waals surface area contributed by atoms with Gasteiger partial charge in [0.05, 0.1) is 16.4 Å². The van der Waals surface area contributed by atoms with Crippen molar-refractivity contribution < 1.29 is 14.1 Å². The molecule has 4 aromatic rings. The molecule has 0 fully saturated rings. The highest BCUT2D eigenvalue weighted by molar-refractivity contribution is 6.03. The van der Waals surface area contributed by atoms with Crippen molar-refractivity contribution in [3.8, 4) is 11.3 Å². The molecule has 3 aromatic carbocycles. The number of rotatable bonds is 3. The van der Waals surface area contributed by atoms with Crippen LogP contribution in [0.25, 0.3) is 22.1 Å². The van der Waals surface area contributed by atoms with Crippen LogP contribution in [0.4, 0.5) is 11.4 Å². The normalized spacial score (nSPS) is 17.5. The van der Waals surface area contributed by atoms with E-state index in [4.69, 9.17) is 4.42 Å². The molecule has 0 bridgehead atoms. The van der Waals surface area contributed by atoms with E-state index in [1.165, 1.54) is 6.07 Å². The monoisotopic (exact) mass is 436 g/mol. The molecule has 6 heteroatoms. The zero-order valence-electron chi connectivity index (χ0n) is 17.7. The molecule has 33 heavy (non-hydrogen) atoms. The minimum atomic E-state index is -0.407. The maximum atomic E-state index is 13.1. The molecule has 2 heterocycles. The standard InChI is InChI=1S/C27H20N2O4/c30-22-11-5-9-19-26(22)27(25-17-7-2-1-6-16(17)12-13-20(25)28-19)24-15-14-23(33-24)18-8-3-4-10-21(18)29(31)32/h1-4,6-8,10,12-15,27-28H,5,9,11H2. The number of furan rings is 1. The van der Waals surface area contributed by atoms with E-state index >= 15 is 0 Å². The van der Waals surface area contributed by atoms with Crippen LogP contribution < -0.4 is 5.32 Å². The second-order valence-electron chi connectivity index (χ2n) is 8.45. The molecule has 2 aliphatic rings. The second kappa shape index (κ2) is 7.45. The Bertz CT molecular complexity index is 1480. The van der Waals surface area contributed by atoms with E-state index in [2.05, 4.69) is 29.6 Å². The highest BCUT2D eigenvalue weighted by atomic mass is 16.6. The van der Waals surface area contributed by atoms with Gasteiger partial charge in [0.15, 0.2) is 5.78 Å². The Morgan fingerprint density at radius 1 is 0.939 bits per heavy atom. The second-order valence-corrected chi connectivity index (χ2v) is 8.45. The lowest BCUT2D eigenvalue weighted by Gasteiger charge is -2.33. The molecule has 0 radical (unpaired) electrons. The largest absolute Gasteiger partial charge is 0.460 e. The number of ketones is 1. The van der Waals surface area contributed by atoms with Crippen LogP contribution in [0.5, 0.6) is 0 Å². The van der Waals surface area contributed by atoms with Crippen LogP contribution in [0.1, 0.15) is 36.5 Å². The third-order valence-electron chi connectivity index (χ3n) is 6.57. The Morgan fingerprint density at radius 3 is 2.64 bits per heavy atom. The molecule has 6 rings (SSSR count). The summed E-state index contributed by atoms with van der Waals surface area (Å²) < 4.78 is 6.28. The first kappa shape index (κ1) is 19.5. The Morgan fingerprint density at radius 2 is 1.76 bits per heavy atom. The molecule has 1 atom stereocenters. The van der Waals surface area contributed by atoms with Gasteiger partial charge in [0.1, 0.15) is 11.5 Å². The Kier molecular flexibility index (Phi) is 4.40. The van der Waals surface area contributed by atoms with Crippen LogP contribution in [-0.2, 0) is 4.79 Å². The fraction of sp³-hybridized carbons (Fsp3) is 0.148. The van der Waals surface area contributed by atoms with Gasteiger partial charge >= 0.3 is 0 Å². The number of nitro groups is 1. The molecule has 1 unspecified atom stereocenters. The van der Waals surface area contributed by atoms with E-state index in [-0.39, 0.29) is 17.4 Å². The average Bonchev–Trinajstić information content (AvgIpc) is 3.32. The lowest BCUT2D eigenvalue weighted by Crippen LogP contribution is -2.26. The van der Waals surface area contributed by atoms with Gasteiger partial charge in [-0.2, -0.15) is 0 Å². The van der Waals surface area contributed by atoms with Crippen molar-refractivity contribution in [3.05, 3.63) is 106 Å². The molecule has 1 aliphatic heterocycles. The number of nitro benzene ring substituents is 1.